The van der Waals surface area contributed by atoms with E-state index in [-0.39, 0.29) is 48.1 Å². The average Bonchev–Trinajstić information content (AvgIpc) is 3.14. The van der Waals surface area contributed by atoms with E-state index in [9.17, 15) is 14.4 Å². The largest absolute Gasteiger partial charge is 0.462 e. The van der Waals surface area contributed by atoms with Crippen LogP contribution in [-0.4, -0.2) is 30.2 Å². The summed E-state index contributed by atoms with van der Waals surface area (Å²) in [5.74, 6) is 2.81. The smallest absolute Gasteiger partial charge is 0.309 e. The van der Waals surface area contributed by atoms with Crippen molar-refractivity contribution < 1.29 is 19.1 Å². The number of esters is 1. The van der Waals surface area contributed by atoms with Crippen LogP contribution in [0.25, 0.3) is 0 Å². The molecule has 4 fully saturated rings. The van der Waals surface area contributed by atoms with Crippen LogP contribution in [0.4, 0.5) is 0 Å². The third kappa shape index (κ3) is 4.40. The molecular weight excluding hydrogens is 426 g/mol. The zero-order valence-electron chi connectivity index (χ0n) is 22.1. The molecule has 0 aromatic heterocycles. The predicted octanol–water partition coefficient (Wildman–Crippen LogP) is 5.34. The van der Waals surface area contributed by atoms with E-state index in [4.69, 9.17) is 10.5 Å². The van der Waals surface area contributed by atoms with E-state index < -0.39 is 5.92 Å². The molecule has 34 heavy (non-hydrogen) atoms. The van der Waals surface area contributed by atoms with Gasteiger partial charge in [0.05, 0.1) is 12.5 Å². The number of hydrogen-bond acceptors (Lipinski definition) is 5. The number of carbonyl (C=O) groups excluding carboxylic acids is 3. The van der Waals surface area contributed by atoms with Crippen LogP contribution in [-0.2, 0) is 19.1 Å². The molecule has 5 unspecified atom stereocenters. The van der Waals surface area contributed by atoms with E-state index in [1.54, 1.807) is 6.92 Å². The van der Waals surface area contributed by atoms with Gasteiger partial charge in [0.2, 0.25) is 0 Å². The SMILES string of the molecule is CC(=O)[C@H]1CCC2[C@@H]3CCC4CC(OC(=O)C(CC(=O)CN)C(C)C)CC[C@]4(C)C3CC[C@@]21C. The number of Topliss-reactive ketones (excluding diaryl/α,β-unsaturated/α-hetero) is 2. The summed E-state index contributed by atoms with van der Waals surface area (Å²) in [5, 5.41) is 0. The Balaban J connectivity index is 1.42. The summed E-state index contributed by atoms with van der Waals surface area (Å²) in [6.45, 7) is 10.7. The van der Waals surface area contributed by atoms with E-state index in [0.29, 0.717) is 23.0 Å². The topological polar surface area (TPSA) is 86.5 Å². The lowest BCUT2D eigenvalue weighted by molar-refractivity contribution is -0.169. The molecule has 4 aliphatic rings. The molecule has 4 rings (SSSR count). The van der Waals surface area contributed by atoms with Crippen LogP contribution in [0.5, 0.6) is 0 Å². The van der Waals surface area contributed by atoms with E-state index in [0.717, 1.165) is 37.5 Å². The summed E-state index contributed by atoms with van der Waals surface area (Å²) >= 11 is 0. The molecule has 2 N–H and O–H groups in total. The van der Waals surface area contributed by atoms with Crippen LogP contribution in [0.1, 0.15) is 98.8 Å². The maximum absolute atomic E-state index is 13.0. The van der Waals surface area contributed by atoms with Crippen molar-refractivity contribution in [3.63, 3.8) is 0 Å². The van der Waals surface area contributed by atoms with E-state index in [1.807, 2.05) is 13.8 Å². The minimum atomic E-state index is -0.396. The van der Waals surface area contributed by atoms with Crippen molar-refractivity contribution in [1.82, 2.24) is 0 Å². The first kappa shape index (κ1) is 25.9. The first-order valence-electron chi connectivity index (χ1n) is 13.9. The molecule has 0 saturated heterocycles. The first-order valence-corrected chi connectivity index (χ1v) is 13.9. The molecule has 9 atom stereocenters. The Morgan fingerprint density at radius 3 is 2.26 bits per heavy atom. The number of carbonyl (C=O) groups is 3. The van der Waals surface area contributed by atoms with Gasteiger partial charge in [0, 0.05) is 12.3 Å². The molecule has 0 amide bonds. The lowest BCUT2D eigenvalue weighted by Gasteiger charge is -2.61. The van der Waals surface area contributed by atoms with Gasteiger partial charge in [-0.25, -0.2) is 0 Å². The Labute approximate surface area is 206 Å². The highest BCUT2D eigenvalue weighted by atomic mass is 16.5. The summed E-state index contributed by atoms with van der Waals surface area (Å²) in [5.41, 5.74) is 6.01. The third-order valence-corrected chi connectivity index (χ3v) is 11.2. The Kier molecular flexibility index (Phi) is 7.35. The fraction of sp³-hybridized carbons (Fsp3) is 0.897. The van der Waals surface area contributed by atoms with Gasteiger partial charge in [0.15, 0.2) is 0 Å². The van der Waals surface area contributed by atoms with Crippen molar-refractivity contribution in [2.75, 3.05) is 6.54 Å². The lowest BCUT2D eigenvalue weighted by atomic mass is 9.44. The summed E-state index contributed by atoms with van der Waals surface area (Å²) in [6.07, 6.45) is 10.4. The summed E-state index contributed by atoms with van der Waals surface area (Å²) in [6, 6.07) is 0. The first-order chi connectivity index (χ1) is 16.0. The minimum absolute atomic E-state index is 0.0177. The molecule has 4 aliphatic carbocycles. The van der Waals surface area contributed by atoms with Crippen molar-refractivity contribution in [3.05, 3.63) is 0 Å². The van der Waals surface area contributed by atoms with Crippen LogP contribution in [0.2, 0.25) is 0 Å². The Bertz CT molecular complexity index is 808. The highest BCUT2D eigenvalue weighted by molar-refractivity contribution is 5.85. The normalized spacial score (nSPS) is 42.3. The van der Waals surface area contributed by atoms with Crippen molar-refractivity contribution in [3.8, 4) is 0 Å². The maximum atomic E-state index is 13.0. The number of nitrogens with two attached hydrogens (primary N) is 1. The van der Waals surface area contributed by atoms with Crippen LogP contribution in [0.3, 0.4) is 0 Å². The quantitative estimate of drug-likeness (QED) is 0.505. The molecule has 0 heterocycles. The van der Waals surface area contributed by atoms with Gasteiger partial charge in [-0.1, -0.05) is 27.7 Å². The molecule has 0 spiro atoms. The second-order valence-corrected chi connectivity index (χ2v) is 13.1. The van der Waals surface area contributed by atoms with Gasteiger partial charge in [-0.2, -0.15) is 0 Å². The van der Waals surface area contributed by atoms with E-state index in [2.05, 4.69) is 13.8 Å². The van der Waals surface area contributed by atoms with Crippen LogP contribution in [0, 0.1) is 52.3 Å². The van der Waals surface area contributed by atoms with Crippen LogP contribution < -0.4 is 5.73 Å². The number of rotatable bonds is 7. The lowest BCUT2D eigenvalue weighted by Crippen LogP contribution is -2.54. The Hall–Kier alpha value is -1.23. The molecule has 0 bridgehead atoms. The maximum Gasteiger partial charge on any atom is 0.309 e. The molecule has 0 radical (unpaired) electrons. The van der Waals surface area contributed by atoms with Crippen molar-refractivity contribution in [2.24, 2.45) is 58.0 Å². The van der Waals surface area contributed by atoms with Gasteiger partial charge in [-0.15, -0.1) is 0 Å². The van der Waals surface area contributed by atoms with Gasteiger partial charge in [0.1, 0.15) is 17.7 Å². The van der Waals surface area contributed by atoms with Gasteiger partial charge < -0.3 is 10.5 Å². The number of ketones is 2. The molecule has 0 aromatic carbocycles. The zero-order chi connectivity index (χ0) is 24.8. The number of ether oxygens (including phenoxy) is 1. The number of fused-ring (bicyclic) bond motifs is 5. The highest BCUT2D eigenvalue weighted by Crippen LogP contribution is 2.67. The van der Waals surface area contributed by atoms with Gasteiger partial charge >= 0.3 is 5.97 Å². The van der Waals surface area contributed by atoms with Crippen molar-refractivity contribution in [2.45, 2.75) is 105 Å². The van der Waals surface area contributed by atoms with Crippen molar-refractivity contribution >= 4 is 17.5 Å². The zero-order valence-corrected chi connectivity index (χ0v) is 22.1. The monoisotopic (exact) mass is 473 g/mol. The fourth-order valence-corrected chi connectivity index (χ4v) is 9.17. The second-order valence-electron chi connectivity index (χ2n) is 13.1. The van der Waals surface area contributed by atoms with Gasteiger partial charge in [-0.3, -0.25) is 14.4 Å². The van der Waals surface area contributed by atoms with Crippen LogP contribution >= 0.6 is 0 Å². The van der Waals surface area contributed by atoms with E-state index >= 15 is 0 Å². The highest BCUT2D eigenvalue weighted by Gasteiger charge is 2.61. The Morgan fingerprint density at radius 2 is 1.62 bits per heavy atom. The van der Waals surface area contributed by atoms with E-state index in [1.165, 1.54) is 32.1 Å². The molecular formula is C29H47NO4. The van der Waals surface area contributed by atoms with Crippen molar-refractivity contribution in [1.29, 1.82) is 0 Å². The second kappa shape index (κ2) is 9.67. The van der Waals surface area contributed by atoms with Gasteiger partial charge in [0.25, 0.3) is 0 Å². The number of hydrogen-bond donors (Lipinski definition) is 1. The average molecular weight is 474 g/mol. The standard InChI is InChI=1S/C29H47NO4/c1-17(2)23(15-20(32)16-30)27(33)34-21-10-12-28(4)19(14-21)6-7-22-25-9-8-24(18(3)31)29(25,5)13-11-26(22)28/h17,19,21-26H,6-16,30H2,1-5H3/t19?,21?,22-,23?,24+,25?,26?,28-,29+/m0/s1. The Morgan fingerprint density at radius 1 is 0.941 bits per heavy atom. The molecule has 5 nitrogen and oxygen atoms in total. The predicted molar refractivity (Wildman–Crippen MR) is 133 cm³/mol. The van der Waals surface area contributed by atoms with Gasteiger partial charge in [-0.05, 0) is 105 Å². The molecule has 192 valence electrons. The molecule has 4 saturated carbocycles. The molecule has 5 heteroatoms. The summed E-state index contributed by atoms with van der Waals surface area (Å²) in [4.78, 5) is 37.3. The van der Waals surface area contributed by atoms with Crippen LogP contribution in [0.15, 0.2) is 0 Å². The molecule has 0 aliphatic heterocycles. The summed E-state index contributed by atoms with van der Waals surface area (Å²) < 4.78 is 6.05. The minimum Gasteiger partial charge on any atom is -0.462 e. The fourth-order valence-electron chi connectivity index (χ4n) is 9.17. The summed E-state index contributed by atoms with van der Waals surface area (Å²) in [7, 11) is 0. The molecule has 0 aromatic rings. The third-order valence-electron chi connectivity index (χ3n) is 11.2.